The fourth-order valence-corrected chi connectivity index (χ4v) is 4.65. The number of cyclic esters (lactones) is 1. The summed E-state index contributed by atoms with van der Waals surface area (Å²) in [5.74, 6) is 0.247. The van der Waals surface area contributed by atoms with Crippen molar-refractivity contribution in [3.63, 3.8) is 0 Å². The minimum atomic E-state index is -1.19. The topological polar surface area (TPSA) is 55.8 Å². The number of carbonyl (C=O) groups is 1. The fourth-order valence-electron chi connectivity index (χ4n) is 4.65. The molecule has 4 heteroatoms. The molecular formula is C27H36O4. The lowest BCUT2D eigenvalue weighted by atomic mass is 9.71. The Bertz CT molecular complexity index is 871. The summed E-state index contributed by atoms with van der Waals surface area (Å²) >= 11 is 0. The van der Waals surface area contributed by atoms with Gasteiger partial charge in [-0.25, -0.2) is 4.79 Å². The van der Waals surface area contributed by atoms with Gasteiger partial charge < -0.3 is 14.6 Å². The van der Waals surface area contributed by atoms with E-state index in [1.807, 2.05) is 24.3 Å². The van der Waals surface area contributed by atoms with Gasteiger partial charge in [-0.05, 0) is 87.5 Å². The SMILES string of the molecule is CC1=C(CCCC/C=C(\C)COc2ccc(C3=CC(=O)OC3O)cc2)C(C)(C)CCC1. The van der Waals surface area contributed by atoms with Crippen molar-refractivity contribution in [3.8, 4) is 5.75 Å². The molecule has 0 aromatic heterocycles. The number of aliphatic hydroxyl groups excluding tert-OH is 1. The predicted octanol–water partition coefficient (Wildman–Crippen LogP) is 6.36. The van der Waals surface area contributed by atoms with Crippen LogP contribution in [-0.4, -0.2) is 24.0 Å². The molecule has 2 aliphatic rings. The van der Waals surface area contributed by atoms with Crippen LogP contribution in [-0.2, 0) is 9.53 Å². The van der Waals surface area contributed by atoms with E-state index in [0.29, 0.717) is 17.6 Å². The maximum atomic E-state index is 11.2. The molecular weight excluding hydrogens is 388 g/mol. The summed E-state index contributed by atoms with van der Waals surface area (Å²) in [4.78, 5) is 11.2. The molecule has 1 heterocycles. The zero-order chi connectivity index (χ0) is 22.4. The van der Waals surface area contributed by atoms with E-state index in [-0.39, 0.29) is 0 Å². The van der Waals surface area contributed by atoms with E-state index in [2.05, 4.69) is 33.8 Å². The average Bonchev–Trinajstić information content (AvgIpc) is 3.06. The Balaban J connectivity index is 1.40. The summed E-state index contributed by atoms with van der Waals surface area (Å²) in [5, 5.41) is 9.74. The lowest BCUT2D eigenvalue weighted by Gasteiger charge is -2.34. The van der Waals surface area contributed by atoms with E-state index < -0.39 is 12.3 Å². The van der Waals surface area contributed by atoms with Crippen LogP contribution < -0.4 is 4.74 Å². The highest BCUT2D eigenvalue weighted by Crippen LogP contribution is 2.42. The second-order valence-electron chi connectivity index (χ2n) is 9.49. The van der Waals surface area contributed by atoms with Gasteiger partial charge in [0, 0.05) is 11.6 Å². The highest BCUT2D eigenvalue weighted by molar-refractivity contribution is 5.96. The first-order chi connectivity index (χ1) is 14.8. The van der Waals surface area contributed by atoms with Crippen LogP contribution in [0.25, 0.3) is 5.57 Å². The second-order valence-corrected chi connectivity index (χ2v) is 9.49. The minimum Gasteiger partial charge on any atom is -0.489 e. The molecule has 1 atom stereocenters. The van der Waals surface area contributed by atoms with Crippen LogP contribution in [0.1, 0.15) is 78.2 Å². The third kappa shape index (κ3) is 6.33. The maximum Gasteiger partial charge on any atom is 0.333 e. The molecule has 0 fully saturated rings. The van der Waals surface area contributed by atoms with E-state index in [1.165, 1.54) is 50.2 Å². The van der Waals surface area contributed by atoms with Gasteiger partial charge in [0.2, 0.25) is 6.29 Å². The van der Waals surface area contributed by atoms with Gasteiger partial charge in [0.05, 0.1) is 0 Å². The summed E-state index contributed by atoms with van der Waals surface area (Å²) in [6.45, 7) is 9.79. The quantitative estimate of drug-likeness (QED) is 0.285. The minimum absolute atomic E-state index is 0.381. The van der Waals surface area contributed by atoms with Crippen LogP contribution in [0.3, 0.4) is 0 Å². The van der Waals surface area contributed by atoms with E-state index in [1.54, 1.807) is 11.1 Å². The average molecular weight is 425 g/mol. The molecule has 1 aromatic rings. The number of unbranched alkanes of at least 4 members (excludes halogenated alkanes) is 2. The summed E-state index contributed by atoms with van der Waals surface area (Å²) in [6.07, 6.45) is 11.1. The Morgan fingerprint density at radius 1 is 1.26 bits per heavy atom. The highest BCUT2D eigenvalue weighted by Gasteiger charge is 2.27. The van der Waals surface area contributed by atoms with E-state index >= 15 is 0 Å². The predicted molar refractivity (Wildman–Crippen MR) is 125 cm³/mol. The number of aliphatic hydroxyl groups is 1. The molecule has 1 aromatic carbocycles. The first-order valence-electron chi connectivity index (χ1n) is 11.4. The Morgan fingerprint density at radius 2 is 2.00 bits per heavy atom. The highest BCUT2D eigenvalue weighted by atomic mass is 16.6. The fraction of sp³-hybridized carbons (Fsp3) is 0.519. The number of esters is 1. The molecule has 4 nitrogen and oxygen atoms in total. The third-order valence-electron chi connectivity index (χ3n) is 6.48. The molecule has 168 valence electrons. The molecule has 31 heavy (non-hydrogen) atoms. The molecule has 0 saturated heterocycles. The van der Waals surface area contributed by atoms with Crippen LogP contribution in [0.2, 0.25) is 0 Å². The molecule has 0 saturated carbocycles. The van der Waals surface area contributed by atoms with Crippen LogP contribution in [0.5, 0.6) is 5.75 Å². The zero-order valence-corrected chi connectivity index (χ0v) is 19.4. The molecule has 0 amide bonds. The van der Waals surface area contributed by atoms with Crippen molar-refractivity contribution in [3.05, 3.63) is 58.7 Å². The number of rotatable bonds is 9. The van der Waals surface area contributed by atoms with Crippen molar-refractivity contribution in [2.45, 2.75) is 78.9 Å². The molecule has 3 rings (SSSR count). The van der Waals surface area contributed by atoms with Crippen LogP contribution in [0.15, 0.2) is 53.1 Å². The summed E-state index contributed by atoms with van der Waals surface area (Å²) in [6, 6.07) is 7.35. The molecule has 1 unspecified atom stereocenters. The number of hydrogen-bond acceptors (Lipinski definition) is 4. The number of allylic oxidation sites excluding steroid dienone is 3. The lowest BCUT2D eigenvalue weighted by molar-refractivity contribution is -0.149. The third-order valence-corrected chi connectivity index (χ3v) is 6.48. The van der Waals surface area contributed by atoms with Gasteiger partial charge in [-0.3, -0.25) is 0 Å². The maximum absolute atomic E-state index is 11.2. The first kappa shape index (κ1) is 23.3. The standard InChI is InChI=1S/C27H36O4/c1-19(9-6-5-7-11-24-20(2)10-8-16-27(24,3)4)18-30-22-14-12-21(13-15-22)23-17-25(28)31-26(23)29/h9,12-15,17,26,29H,5-8,10-11,16,18H2,1-4H3/b19-9+. The largest absolute Gasteiger partial charge is 0.489 e. The van der Waals surface area contributed by atoms with Gasteiger partial charge in [0.25, 0.3) is 0 Å². The first-order valence-corrected chi connectivity index (χ1v) is 11.4. The molecule has 1 aliphatic carbocycles. The van der Waals surface area contributed by atoms with Crippen molar-refractivity contribution in [1.82, 2.24) is 0 Å². The lowest BCUT2D eigenvalue weighted by Crippen LogP contribution is -2.20. The molecule has 1 aliphatic heterocycles. The Morgan fingerprint density at radius 3 is 2.65 bits per heavy atom. The Labute approximate surface area is 186 Å². The van der Waals surface area contributed by atoms with Crippen LogP contribution in [0, 0.1) is 5.41 Å². The molecule has 0 spiro atoms. The molecule has 0 bridgehead atoms. The Hall–Kier alpha value is -2.33. The van der Waals surface area contributed by atoms with Crippen molar-refractivity contribution >= 4 is 11.5 Å². The number of carbonyl (C=O) groups excluding carboxylic acids is 1. The van der Waals surface area contributed by atoms with E-state index in [4.69, 9.17) is 9.47 Å². The number of ether oxygens (including phenoxy) is 2. The summed E-state index contributed by atoms with van der Waals surface area (Å²) in [5.41, 5.74) is 6.17. The van der Waals surface area contributed by atoms with Gasteiger partial charge in [-0.15, -0.1) is 0 Å². The van der Waals surface area contributed by atoms with Gasteiger partial charge in [-0.1, -0.05) is 43.2 Å². The second kappa shape index (κ2) is 10.3. The van der Waals surface area contributed by atoms with Crippen molar-refractivity contribution < 1.29 is 19.4 Å². The summed E-state index contributed by atoms with van der Waals surface area (Å²) in [7, 11) is 0. The Kier molecular flexibility index (Phi) is 7.77. The van der Waals surface area contributed by atoms with Crippen molar-refractivity contribution in [2.75, 3.05) is 6.61 Å². The monoisotopic (exact) mass is 424 g/mol. The zero-order valence-electron chi connectivity index (χ0n) is 19.4. The smallest absolute Gasteiger partial charge is 0.333 e. The van der Waals surface area contributed by atoms with Gasteiger partial charge in [0.1, 0.15) is 12.4 Å². The van der Waals surface area contributed by atoms with Gasteiger partial charge >= 0.3 is 5.97 Å². The van der Waals surface area contributed by atoms with Crippen molar-refractivity contribution in [1.29, 1.82) is 0 Å². The van der Waals surface area contributed by atoms with Gasteiger partial charge in [0.15, 0.2) is 0 Å². The van der Waals surface area contributed by atoms with E-state index in [0.717, 1.165) is 17.7 Å². The normalized spacial score (nSPS) is 21.2. The van der Waals surface area contributed by atoms with Gasteiger partial charge in [-0.2, -0.15) is 0 Å². The summed E-state index contributed by atoms with van der Waals surface area (Å²) < 4.78 is 10.6. The van der Waals surface area contributed by atoms with Crippen molar-refractivity contribution in [2.24, 2.45) is 5.41 Å². The number of hydrogen-bond donors (Lipinski definition) is 1. The number of benzene rings is 1. The molecule has 0 radical (unpaired) electrons. The van der Waals surface area contributed by atoms with Crippen LogP contribution in [0.4, 0.5) is 0 Å². The van der Waals surface area contributed by atoms with Crippen LogP contribution >= 0.6 is 0 Å². The van der Waals surface area contributed by atoms with E-state index in [9.17, 15) is 9.90 Å². The molecule has 1 N–H and O–H groups in total.